The highest BCUT2D eigenvalue weighted by Gasteiger charge is 2.35. The van der Waals surface area contributed by atoms with Gasteiger partial charge in [-0.3, -0.25) is 19.4 Å². The molecule has 2 heterocycles. The van der Waals surface area contributed by atoms with Crippen molar-refractivity contribution in [2.75, 3.05) is 11.9 Å². The first kappa shape index (κ1) is 22.7. The van der Waals surface area contributed by atoms with Gasteiger partial charge in [0.15, 0.2) is 5.78 Å². The fourth-order valence-electron chi connectivity index (χ4n) is 4.86. The lowest BCUT2D eigenvalue weighted by molar-refractivity contribution is -0.140. The highest BCUT2D eigenvalue weighted by Crippen LogP contribution is 2.29. The van der Waals surface area contributed by atoms with Crippen molar-refractivity contribution in [1.29, 1.82) is 0 Å². The Morgan fingerprint density at radius 3 is 2.37 bits per heavy atom. The zero-order chi connectivity index (χ0) is 24.5. The van der Waals surface area contributed by atoms with Crippen LogP contribution in [0.4, 0.5) is 5.69 Å². The number of ketones is 1. The summed E-state index contributed by atoms with van der Waals surface area (Å²) >= 11 is 0. The summed E-state index contributed by atoms with van der Waals surface area (Å²) in [5.74, 6) is -0.486. The van der Waals surface area contributed by atoms with Crippen LogP contribution in [0.5, 0.6) is 0 Å². The summed E-state index contributed by atoms with van der Waals surface area (Å²) < 4.78 is 0. The second kappa shape index (κ2) is 9.29. The molecule has 1 unspecified atom stereocenters. The van der Waals surface area contributed by atoms with E-state index in [9.17, 15) is 14.4 Å². The van der Waals surface area contributed by atoms with Gasteiger partial charge in [0.25, 0.3) is 5.91 Å². The lowest BCUT2D eigenvalue weighted by atomic mass is 9.96. The number of hydrogen-bond acceptors (Lipinski definition) is 4. The van der Waals surface area contributed by atoms with E-state index in [1.165, 1.54) is 0 Å². The molecule has 2 amide bonds. The van der Waals surface area contributed by atoms with Gasteiger partial charge in [-0.05, 0) is 24.1 Å². The summed E-state index contributed by atoms with van der Waals surface area (Å²) in [5, 5.41) is 0. The first-order valence-electron chi connectivity index (χ1n) is 11.8. The number of likely N-dealkylation sites (N-methyl/N-ethyl adjacent to an activating group) is 1. The minimum Gasteiger partial charge on any atom is -0.328 e. The van der Waals surface area contributed by atoms with Crippen LogP contribution in [0.15, 0.2) is 83.9 Å². The Morgan fingerprint density at radius 2 is 1.60 bits per heavy atom. The highest BCUT2D eigenvalue weighted by molar-refractivity contribution is 6.20. The number of para-hydroxylation sites is 1. The minimum atomic E-state index is -0.871. The molecule has 176 valence electrons. The van der Waals surface area contributed by atoms with Crippen molar-refractivity contribution in [1.82, 2.24) is 4.90 Å². The average Bonchev–Trinajstić information content (AvgIpc) is 2.99. The van der Waals surface area contributed by atoms with E-state index in [1.54, 1.807) is 23.8 Å². The second-order valence-corrected chi connectivity index (χ2v) is 9.09. The van der Waals surface area contributed by atoms with Gasteiger partial charge in [-0.15, -0.1) is 0 Å². The summed E-state index contributed by atoms with van der Waals surface area (Å²) in [6, 6.07) is 23.6. The second-order valence-electron chi connectivity index (χ2n) is 9.09. The van der Waals surface area contributed by atoms with Crippen LogP contribution in [0.1, 0.15) is 35.6 Å². The molecular formula is C29H27N3O3. The molecule has 6 heteroatoms. The van der Waals surface area contributed by atoms with E-state index < -0.39 is 12.1 Å². The molecule has 0 bridgehead atoms. The third kappa shape index (κ3) is 4.28. The van der Waals surface area contributed by atoms with E-state index in [2.05, 4.69) is 0 Å². The van der Waals surface area contributed by atoms with Crippen molar-refractivity contribution in [3.63, 3.8) is 0 Å². The summed E-state index contributed by atoms with van der Waals surface area (Å²) in [6.07, 6.45) is 0.213. The Morgan fingerprint density at radius 1 is 0.943 bits per heavy atom. The van der Waals surface area contributed by atoms with E-state index in [1.807, 2.05) is 78.9 Å². The Hall–Kier alpha value is -4.06. The molecule has 0 aromatic heterocycles. The predicted molar refractivity (Wildman–Crippen MR) is 136 cm³/mol. The van der Waals surface area contributed by atoms with Gasteiger partial charge in [0.2, 0.25) is 5.91 Å². The Balaban J connectivity index is 1.45. The molecule has 2 aliphatic heterocycles. The monoisotopic (exact) mass is 465 g/mol. The number of amides is 2. The minimum absolute atomic E-state index is 0.0694. The molecular weight excluding hydrogens is 438 g/mol. The maximum atomic E-state index is 13.4. The van der Waals surface area contributed by atoms with Crippen molar-refractivity contribution < 1.29 is 14.4 Å². The molecule has 0 saturated carbocycles. The van der Waals surface area contributed by atoms with E-state index in [0.29, 0.717) is 12.3 Å². The molecule has 5 rings (SSSR count). The van der Waals surface area contributed by atoms with Crippen molar-refractivity contribution in [3.05, 3.63) is 101 Å². The van der Waals surface area contributed by atoms with Gasteiger partial charge in [-0.25, -0.2) is 0 Å². The molecule has 2 atom stereocenters. The van der Waals surface area contributed by atoms with E-state index in [4.69, 9.17) is 4.99 Å². The fourth-order valence-corrected chi connectivity index (χ4v) is 4.86. The van der Waals surface area contributed by atoms with Gasteiger partial charge < -0.3 is 9.80 Å². The Bertz CT molecular complexity index is 1330. The maximum Gasteiger partial charge on any atom is 0.252 e. The molecule has 0 fully saturated rings. The molecule has 0 N–H and O–H groups in total. The summed E-state index contributed by atoms with van der Waals surface area (Å²) in [7, 11) is 1.72. The molecule has 6 nitrogen and oxygen atoms in total. The number of carbonyl (C=O) groups is 3. The van der Waals surface area contributed by atoms with Gasteiger partial charge in [-0.1, -0.05) is 72.8 Å². The summed E-state index contributed by atoms with van der Waals surface area (Å²) in [4.78, 5) is 47.7. The van der Waals surface area contributed by atoms with Crippen molar-refractivity contribution in [2.45, 2.75) is 38.4 Å². The summed E-state index contributed by atoms with van der Waals surface area (Å²) in [5.41, 5.74) is 5.23. The number of carbonyl (C=O) groups excluding carboxylic acids is 3. The molecule has 0 aliphatic carbocycles. The van der Waals surface area contributed by atoms with Crippen LogP contribution < -0.4 is 4.90 Å². The van der Waals surface area contributed by atoms with Crippen molar-refractivity contribution in [3.8, 4) is 0 Å². The van der Waals surface area contributed by atoms with E-state index in [0.717, 1.165) is 27.9 Å². The number of aliphatic imine (C=N–C) groups is 1. The number of anilines is 1. The molecule has 2 aliphatic rings. The molecule has 0 saturated heterocycles. The summed E-state index contributed by atoms with van der Waals surface area (Å²) in [6.45, 7) is 2.14. The van der Waals surface area contributed by atoms with Crippen molar-refractivity contribution >= 4 is 29.0 Å². The third-order valence-electron chi connectivity index (χ3n) is 6.92. The van der Waals surface area contributed by atoms with Gasteiger partial charge in [0.1, 0.15) is 6.04 Å². The van der Waals surface area contributed by atoms with Gasteiger partial charge in [0, 0.05) is 31.1 Å². The molecule has 35 heavy (non-hydrogen) atoms. The first-order valence-corrected chi connectivity index (χ1v) is 11.8. The maximum absolute atomic E-state index is 13.4. The zero-order valence-corrected chi connectivity index (χ0v) is 19.8. The smallest absolute Gasteiger partial charge is 0.252 e. The third-order valence-corrected chi connectivity index (χ3v) is 6.92. The normalized spacial score (nSPS) is 18.3. The number of Topliss-reactive ketones (excluding diaryl/α,β-unsaturated/α-hetero) is 1. The first-order chi connectivity index (χ1) is 16.9. The van der Waals surface area contributed by atoms with Crippen LogP contribution in [0.3, 0.4) is 0 Å². The quantitative estimate of drug-likeness (QED) is 0.576. The van der Waals surface area contributed by atoms with Crippen LogP contribution in [0.25, 0.3) is 0 Å². The number of benzene rings is 3. The highest BCUT2D eigenvalue weighted by atomic mass is 16.2. The number of rotatable bonds is 5. The van der Waals surface area contributed by atoms with Crippen molar-refractivity contribution in [2.24, 2.45) is 4.99 Å². The Labute approximate surface area is 204 Å². The standard InChI is InChI=1S/C29H27N3O3/c1-19(32-18-22-13-7-6-12-21(22)16-27(32)34)26(33)17-24-29(35)31(2)25-15-9-8-14-23(25)28(30-24)20-10-4-3-5-11-20/h3-15,19,24H,16-18H2,1-2H3/t19?,24-/m1/s1. The topological polar surface area (TPSA) is 70.1 Å². The molecule has 3 aromatic carbocycles. The van der Waals surface area contributed by atoms with Crippen LogP contribution in [-0.2, 0) is 27.3 Å². The number of benzodiazepines with no additional fused rings is 1. The average molecular weight is 466 g/mol. The predicted octanol–water partition coefficient (Wildman–Crippen LogP) is 3.80. The van der Waals surface area contributed by atoms with Gasteiger partial charge in [0.05, 0.1) is 23.9 Å². The van der Waals surface area contributed by atoms with Crippen LogP contribution >= 0.6 is 0 Å². The number of fused-ring (bicyclic) bond motifs is 2. The van der Waals surface area contributed by atoms with Crippen LogP contribution in [0.2, 0.25) is 0 Å². The van der Waals surface area contributed by atoms with Crippen LogP contribution in [-0.4, -0.2) is 47.3 Å². The number of nitrogens with zero attached hydrogens (tertiary/aromatic N) is 3. The Kier molecular flexibility index (Phi) is 6.03. The van der Waals surface area contributed by atoms with Gasteiger partial charge in [-0.2, -0.15) is 0 Å². The van der Waals surface area contributed by atoms with Crippen LogP contribution in [0, 0.1) is 0 Å². The molecule has 3 aromatic rings. The largest absolute Gasteiger partial charge is 0.328 e. The zero-order valence-electron chi connectivity index (χ0n) is 19.8. The lowest BCUT2D eigenvalue weighted by Gasteiger charge is -2.33. The van der Waals surface area contributed by atoms with E-state index in [-0.39, 0.29) is 30.4 Å². The fraction of sp³-hybridized carbons (Fsp3) is 0.241. The molecule has 0 radical (unpaired) electrons. The molecule has 0 spiro atoms. The SMILES string of the molecule is CC(C(=O)C[C@H]1N=C(c2ccccc2)c2ccccc2N(C)C1=O)N1Cc2ccccc2CC1=O. The van der Waals surface area contributed by atoms with Gasteiger partial charge >= 0.3 is 0 Å². The van der Waals surface area contributed by atoms with E-state index >= 15 is 0 Å². The lowest BCUT2D eigenvalue weighted by Crippen LogP contribution is -2.47. The number of hydrogen-bond donors (Lipinski definition) is 0.